The van der Waals surface area contributed by atoms with E-state index in [0.29, 0.717) is 29.2 Å². The molecule has 0 unspecified atom stereocenters. The predicted octanol–water partition coefficient (Wildman–Crippen LogP) is 6.24. The van der Waals surface area contributed by atoms with Crippen molar-refractivity contribution in [1.82, 2.24) is 0 Å². The van der Waals surface area contributed by atoms with Crippen molar-refractivity contribution < 1.29 is 27.4 Å². The first kappa shape index (κ1) is 22.2. The molecule has 0 aliphatic rings. The number of hydrogen-bond acceptors (Lipinski definition) is 3. The second kappa shape index (κ2) is 9.55. The van der Waals surface area contributed by atoms with Crippen LogP contribution in [0.25, 0.3) is 0 Å². The molecule has 0 fully saturated rings. The van der Waals surface area contributed by atoms with Crippen molar-refractivity contribution in [2.75, 3.05) is 11.9 Å². The van der Waals surface area contributed by atoms with Gasteiger partial charge in [-0.25, -0.2) is 0 Å². The summed E-state index contributed by atoms with van der Waals surface area (Å²) in [5.41, 5.74) is 1.58. The highest BCUT2D eigenvalue weighted by atomic mass is 19.4. The summed E-state index contributed by atoms with van der Waals surface area (Å²) >= 11 is 0. The van der Waals surface area contributed by atoms with E-state index in [0.717, 1.165) is 17.7 Å². The summed E-state index contributed by atoms with van der Waals surface area (Å²) < 4.78 is 49.6. The minimum absolute atomic E-state index is 0.195. The van der Waals surface area contributed by atoms with Crippen LogP contribution in [0.2, 0.25) is 0 Å². The minimum Gasteiger partial charge on any atom is -0.493 e. The Labute approximate surface area is 178 Å². The van der Waals surface area contributed by atoms with E-state index in [9.17, 15) is 18.0 Å². The van der Waals surface area contributed by atoms with E-state index in [1.54, 1.807) is 18.2 Å². The van der Waals surface area contributed by atoms with Crippen molar-refractivity contribution in [3.8, 4) is 11.5 Å². The molecule has 31 heavy (non-hydrogen) atoms. The molecule has 0 saturated carbocycles. The van der Waals surface area contributed by atoms with Gasteiger partial charge in [0.25, 0.3) is 5.91 Å². The zero-order valence-corrected chi connectivity index (χ0v) is 17.1. The van der Waals surface area contributed by atoms with Crippen LogP contribution in [0.3, 0.4) is 0 Å². The molecule has 0 bridgehead atoms. The van der Waals surface area contributed by atoms with E-state index >= 15 is 0 Å². The lowest BCUT2D eigenvalue weighted by Gasteiger charge is -2.14. The van der Waals surface area contributed by atoms with Gasteiger partial charge in [0.2, 0.25) is 0 Å². The number of alkyl halides is 3. The zero-order valence-electron chi connectivity index (χ0n) is 17.1. The van der Waals surface area contributed by atoms with Crippen molar-refractivity contribution >= 4 is 11.6 Å². The Hall–Kier alpha value is -3.48. The van der Waals surface area contributed by atoms with Gasteiger partial charge in [-0.05, 0) is 74.0 Å². The van der Waals surface area contributed by atoms with Crippen molar-refractivity contribution in [3.63, 3.8) is 0 Å². The smallest absolute Gasteiger partial charge is 0.416 e. The first-order valence-electron chi connectivity index (χ1n) is 9.70. The molecule has 162 valence electrons. The van der Waals surface area contributed by atoms with Crippen LogP contribution in [0.1, 0.15) is 34.0 Å². The van der Waals surface area contributed by atoms with Crippen LogP contribution in [0.4, 0.5) is 18.9 Å². The van der Waals surface area contributed by atoms with Gasteiger partial charge in [-0.15, -0.1) is 0 Å². The molecule has 1 amide bonds. The fraction of sp³-hybridized carbons (Fsp3) is 0.208. The summed E-state index contributed by atoms with van der Waals surface area (Å²) in [4.78, 5) is 12.6. The second-order valence-corrected chi connectivity index (χ2v) is 6.89. The van der Waals surface area contributed by atoms with E-state index in [-0.39, 0.29) is 12.3 Å². The number of ether oxygens (including phenoxy) is 2. The molecule has 3 rings (SSSR count). The highest BCUT2D eigenvalue weighted by Crippen LogP contribution is 2.30. The highest BCUT2D eigenvalue weighted by molar-refractivity contribution is 6.04. The molecule has 0 aliphatic carbocycles. The molecule has 0 aliphatic heterocycles. The Balaban J connectivity index is 1.76. The lowest BCUT2D eigenvalue weighted by atomic mass is 10.1. The quantitative estimate of drug-likeness (QED) is 0.483. The van der Waals surface area contributed by atoms with Gasteiger partial charge < -0.3 is 14.8 Å². The van der Waals surface area contributed by atoms with Crippen LogP contribution >= 0.6 is 0 Å². The number of benzene rings is 3. The molecular weight excluding hydrogens is 407 g/mol. The molecule has 3 aromatic rings. The van der Waals surface area contributed by atoms with Gasteiger partial charge in [-0.3, -0.25) is 4.79 Å². The van der Waals surface area contributed by atoms with Crippen molar-refractivity contribution in [2.45, 2.75) is 26.6 Å². The minimum atomic E-state index is -4.43. The molecule has 7 heteroatoms. The summed E-state index contributed by atoms with van der Waals surface area (Å²) in [5, 5.41) is 2.61. The van der Waals surface area contributed by atoms with E-state index in [2.05, 4.69) is 5.32 Å². The SMILES string of the molecule is CCOc1ccc(C(=O)Nc2ccc(C(F)(F)F)cc2)cc1COc1cccc(C)c1. The number of anilines is 1. The van der Waals surface area contributed by atoms with Crippen LogP contribution in [0.15, 0.2) is 66.7 Å². The second-order valence-electron chi connectivity index (χ2n) is 6.89. The Kier molecular flexibility index (Phi) is 6.84. The standard InChI is InChI=1S/C24H22F3NO3/c1-3-30-22-12-7-17(14-18(22)15-31-21-6-4-5-16(2)13-21)23(29)28-20-10-8-19(9-11-20)24(25,26)27/h4-14H,3,15H2,1-2H3,(H,28,29). The topological polar surface area (TPSA) is 47.6 Å². The third-order valence-corrected chi connectivity index (χ3v) is 4.48. The van der Waals surface area contributed by atoms with Gasteiger partial charge in [0, 0.05) is 16.8 Å². The third-order valence-electron chi connectivity index (χ3n) is 4.48. The Morgan fingerprint density at radius 1 is 0.968 bits per heavy atom. The van der Waals surface area contributed by atoms with Crippen LogP contribution in [-0.4, -0.2) is 12.5 Å². The van der Waals surface area contributed by atoms with Crippen LogP contribution in [-0.2, 0) is 12.8 Å². The first-order valence-corrected chi connectivity index (χ1v) is 9.70. The number of aryl methyl sites for hydroxylation is 1. The van der Waals surface area contributed by atoms with E-state index in [1.807, 2.05) is 38.1 Å². The van der Waals surface area contributed by atoms with E-state index < -0.39 is 17.6 Å². The molecular formula is C24H22F3NO3. The average Bonchev–Trinajstić information content (AvgIpc) is 2.73. The maximum Gasteiger partial charge on any atom is 0.416 e. The van der Waals surface area contributed by atoms with Gasteiger partial charge in [0.1, 0.15) is 18.1 Å². The van der Waals surface area contributed by atoms with Gasteiger partial charge in [-0.2, -0.15) is 13.2 Å². The maximum atomic E-state index is 12.7. The number of rotatable bonds is 7. The van der Waals surface area contributed by atoms with Crippen LogP contribution in [0, 0.1) is 6.92 Å². The zero-order chi connectivity index (χ0) is 22.4. The molecule has 0 heterocycles. The summed E-state index contributed by atoms with van der Waals surface area (Å²) in [6.45, 7) is 4.47. The third kappa shape index (κ3) is 6.01. The Morgan fingerprint density at radius 3 is 2.35 bits per heavy atom. The summed E-state index contributed by atoms with van der Waals surface area (Å²) in [6.07, 6.45) is -4.43. The fourth-order valence-electron chi connectivity index (χ4n) is 2.94. The Bertz CT molecular complexity index is 1050. The van der Waals surface area contributed by atoms with Crippen LogP contribution < -0.4 is 14.8 Å². The normalized spacial score (nSPS) is 11.1. The van der Waals surface area contributed by atoms with Crippen molar-refractivity contribution in [2.24, 2.45) is 0 Å². The lowest BCUT2D eigenvalue weighted by Crippen LogP contribution is -2.13. The number of amides is 1. The number of nitrogens with one attached hydrogen (secondary N) is 1. The van der Waals surface area contributed by atoms with Gasteiger partial charge in [-0.1, -0.05) is 12.1 Å². The monoisotopic (exact) mass is 429 g/mol. The van der Waals surface area contributed by atoms with Crippen molar-refractivity contribution in [1.29, 1.82) is 0 Å². The van der Waals surface area contributed by atoms with Crippen LogP contribution in [0.5, 0.6) is 11.5 Å². The predicted molar refractivity (Wildman–Crippen MR) is 113 cm³/mol. The molecule has 0 atom stereocenters. The van der Waals surface area contributed by atoms with E-state index in [4.69, 9.17) is 9.47 Å². The first-order chi connectivity index (χ1) is 14.8. The maximum absolute atomic E-state index is 12.7. The van der Waals surface area contributed by atoms with E-state index in [1.165, 1.54) is 12.1 Å². The molecule has 3 aromatic carbocycles. The lowest BCUT2D eigenvalue weighted by molar-refractivity contribution is -0.137. The molecule has 0 spiro atoms. The number of carbonyl (C=O) groups excluding carboxylic acids is 1. The summed E-state index contributed by atoms with van der Waals surface area (Å²) in [5.74, 6) is 0.850. The molecule has 1 N–H and O–H groups in total. The fourth-order valence-corrected chi connectivity index (χ4v) is 2.94. The molecule has 4 nitrogen and oxygen atoms in total. The average molecular weight is 429 g/mol. The van der Waals surface area contributed by atoms with Gasteiger partial charge in [0.15, 0.2) is 0 Å². The van der Waals surface area contributed by atoms with Gasteiger partial charge in [0.05, 0.1) is 12.2 Å². The van der Waals surface area contributed by atoms with Crippen molar-refractivity contribution in [3.05, 3.63) is 89.0 Å². The number of carbonyl (C=O) groups is 1. The molecule has 0 saturated heterocycles. The summed E-state index contributed by atoms with van der Waals surface area (Å²) in [6, 6.07) is 16.8. The summed E-state index contributed by atoms with van der Waals surface area (Å²) in [7, 11) is 0. The molecule has 0 radical (unpaired) electrons. The number of hydrogen-bond donors (Lipinski definition) is 1. The number of halogens is 3. The Morgan fingerprint density at radius 2 is 1.71 bits per heavy atom. The van der Waals surface area contributed by atoms with Gasteiger partial charge >= 0.3 is 6.18 Å². The highest BCUT2D eigenvalue weighted by Gasteiger charge is 2.30. The molecule has 0 aromatic heterocycles. The largest absolute Gasteiger partial charge is 0.493 e.